The summed E-state index contributed by atoms with van der Waals surface area (Å²) in [7, 11) is 0. The standard InChI is InChI=1S/C17H26BrN3/c18-15-5-4-14(17(19)12-15)13-20-10-6-16(7-11-20)21-8-2-1-3-9-21/h4-5,12,16H,1-3,6-11,13,19H2. The summed E-state index contributed by atoms with van der Waals surface area (Å²) in [6.45, 7) is 6.05. The number of hydrogen-bond acceptors (Lipinski definition) is 3. The number of hydrogen-bond donors (Lipinski definition) is 1. The molecule has 0 unspecified atom stereocenters. The van der Waals surface area contributed by atoms with Crippen LogP contribution in [-0.2, 0) is 6.54 Å². The summed E-state index contributed by atoms with van der Waals surface area (Å²) < 4.78 is 1.06. The van der Waals surface area contributed by atoms with E-state index in [0.29, 0.717) is 0 Å². The van der Waals surface area contributed by atoms with Crippen LogP contribution in [0.1, 0.15) is 37.7 Å². The first kappa shape index (κ1) is 15.3. The van der Waals surface area contributed by atoms with Crippen LogP contribution in [0.5, 0.6) is 0 Å². The quantitative estimate of drug-likeness (QED) is 0.846. The molecule has 0 atom stereocenters. The maximum absolute atomic E-state index is 6.12. The van der Waals surface area contributed by atoms with Gasteiger partial charge in [-0.1, -0.05) is 28.4 Å². The number of benzene rings is 1. The predicted octanol–water partition coefficient (Wildman–Crippen LogP) is 3.48. The minimum Gasteiger partial charge on any atom is -0.398 e. The second kappa shape index (κ2) is 7.12. The van der Waals surface area contributed by atoms with E-state index in [-0.39, 0.29) is 0 Å². The number of nitrogen functional groups attached to an aromatic ring is 1. The SMILES string of the molecule is Nc1cc(Br)ccc1CN1CCC(N2CCCCC2)CC1. The smallest absolute Gasteiger partial charge is 0.0371 e. The van der Waals surface area contributed by atoms with Crippen molar-refractivity contribution in [2.24, 2.45) is 0 Å². The van der Waals surface area contributed by atoms with Gasteiger partial charge in [0.2, 0.25) is 0 Å². The lowest BCUT2D eigenvalue weighted by Gasteiger charge is -2.40. The Bertz CT molecular complexity index is 463. The van der Waals surface area contributed by atoms with Gasteiger partial charge >= 0.3 is 0 Å². The maximum atomic E-state index is 6.12. The van der Waals surface area contributed by atoms with Crippen LogP contribution >= 0.6 is 15.9 Å². The lowest BCUT2D eigenvalue weighted by atomic mass is 9.99. The van der Waals surface area contributed by atoms with E-state index in [4.69, 9.17) is 5.73 Å². The van der Waals surface area contributed by atoms with Gasteiger partial charge in [-0.3, -0.25) is 4.90 Å². The van der Waals surface area contributed by atoms with Gasteiger partial charge in [0.25, 0.3) is 0 Å². The van der Waals surface area contributed by atoms with Crippen molar-refractivity contribution in [1.82, 2.24) is 9.80 Å². The number of halogens is 1. The highest BCUT2D eigenvalue weighted by Crippen LogP contribution is 2.24. The number of piperidine rings is 2. The molecular weight excluding hydrogens is 326 g/mol. The highest BCUT2D eigenvalue weighted by molar-refractivity contribution is 9.10. The van der Waals surface area contributed by atoms with Crippen LogP contribution < -0.4 is 5.73 Å². The summed E-state index contributed by atoms with van der Waals surface area (Å²) in [5.74, 6) is 0. The van der Waals surface area contributed by atoms with Gasteiger partial charge in [0.05, 0.1) is 0 Å². The Kier molecular flexibility index (Phi) is 5.19. The van der Waals surface area contributed by atoms with Crippen molar-refractivity contribution >= 4 is 21.6 Å². The fraction of sp³-hybridized carbons (Fsp3) is 0.647. The zero-order chi connectivity index (χ0) is 14.7. The first-order valence-electron chi connectivity index (χ1n) is 8.23. The summed E-state index contributed by atoms with van der Waals surface area (Å²) in [4.78, 5) is 5.29. The average Bonchev–Trinajstić information content (AvgIpc) is 2.52. The van der Waals surface area contributed by atoms with Gasteiger partial charge in [-0.15, -0.1) is 0 Å². The topological polar surface area (TPSA) is 32.5 Å². The molecule has 2 N–H and O–H groups in total. The van der Waals surface area contributed by atoms with Crippen molar-refractivity contribution in [3.63, 3.8) is 0 Å². The molecule has 3 nitrogen and oxygen atoms in total. The molecule has 21 heavy (non-hydrogen) atoms. The van der Waals surface area contributed by atoms with E-state index in [1.54, 1.807) is 0 Å². The molecule has 2 fully saturated rings. The van der Waals surface area contributed by atoms with Crippen LogP contribution in [0.3, 0.4) is 0 Å². The number of rotatable bonds is 3. The Hall–Kier alpha value is -0.580. The van der Waals surface area contributed by atoms with E-state index in [2.05, 4.69) is 37.9 Å². The van der Waals surface area contributed by atoms with E-state index >= 15 is 0 Å². The molecule has 0 aromatic heterocycles. The molecule has 116 valence electrons. The molecule has 1 aromatic rings. The summed E-state index contributed by atoms with van der Waals surface area (Å²) >= 11 is 3.47. The van der Waals surface area contributed by atoms with Gasteiger partial charge in [-0.2, -0.15) is 0 Å². The van der Waals surface area contributed by atoms with E-state index in [1.165, 1.54) is 63.8 Å². The molecular formula is C17H26BrN3. The zero-order valence-corrected chi connectivity index (χ0v) is 14.3. The summed E-state index contributed by atoms with van der Waals surface area (Å²) in [6, 6.07) is 7.07. The second-order valence-corrected chi connectivity index (χ2v) is 7.36. The first-order chi connectivity index (χ1) is 10.2. The van der Waals surface area contributed by atoms with Crippen LogP contribution in [0.15, 0.2) is 22.7 Å². The Labute approximate surface area is 136 Å². The molecule has 1 aromatic carbocycles. The fourth-order valence-corrected chi connectivity index (χ4v) is 4.06. The monoisotopic (exact) mass is 351 g/mol. The van der Waals surface area contributed by atoms with E-state index in [0.717, 1.165) is 22.7 Å². The number of anilines is 1. The van der Waals surface area contributed by atoms with Crippen LogP contribution in [-0.4, -0.2) is 42.0 Å². The summed E-state index contributed by atoms with van der Waals surface area (Å²) in [5.41, 5.74) is 8.28. The molecule has 0 amide bonds. The van der Waals surface area contributed by atoms with Gasteiger partial charge in [-0.05, 0) is 69.6 Å². The fourth-order valence-electron chi connectivity index (χ4n) is 3.68. The van der Waals surface area contributed by atoms with Crippen LogP contribution in [0.2, 0.25) is 0 Å². The minimum absolute atomic E-state index is 0.823. The van der Waals surface area contributed by atoms with Crippen LogP contribution in [0.4, 0.5) is 5.69 Å². The first-order valence-corrected chi connectivity index (χ1v) is 9.02. The second-order valence-electron chi connectivity index (χ2n) is 6.45. The zero-order valence-electron chi connectivity index (χ0n) is 12.7. The van der Waals surface area contributed by atoms with Gasteiger partial charge in [0.15, 0.2) is 0 Å². The minimum atomic E-state index is 0.823. The van der Waals surface area contributed by atoms with Crippen molar-refractivity contribution in [2.45, 2.75) is 44.7 Å². The lowest BCUT2D eigenvalue weighted by Crippen LogP contribution is -2.46. The molecule has 2 aliphatic heterocycles. The number of nitrogens with two attached hydrogens (primary N) is 1. The molecule has 2 aliphatic rings. The van der Waals surface area contributed by atoms with E-state index in [9.17, 15) is 0 Å². The normalized spacial score (nSPS) is 22.5. The maximum Gasteiger partial charge on any atom is 0.0371 e. The van der Waals surface area contributed by atoms with Crippen molar-refractivity contribution in [1.29, 1.82) is 0 Å². The van der Waals surface area contributed by atoms with Crippen molar-refractivity contribution in [3.8, 4) is 0 Å². The number of likely N-dealkylation sites (tertiary alicyclic amines) is 2. The van der Waals surface area contributed by atoms with Crippen molar-refractivity contribution < 1.29 is 0 Å². The predicted molar refractivity (Wildman–Crippen MR) is 92.3 cm³/mol. The lowest BCUT2D eigenvalue weighted by molar-refractivity contribution is 0.0897. The van der Waals surface area contributed by atoms with Crippen molar-refractivity contribution in [3.05, 3.63) is 28.2 Å². The van der Waals surface area contributed by atoms with Crippen LogP contribution in [0, 0.1) is 0 Å². The summed E-state index contributed by atoms with van der Waals surface area (Å²) in [6.07, 6.45) is 6.86. The largest absolute Gasteiger partial charge is 0.398 e. The van der Waals surface area contributed by atoms with Crippen LogP contribution in [0.25, 0.3) is 0 Å². The average molecular weight is 352 g/mol. The summed E-state index contributed by atoms with van der Waals surface area (Å²) in [5, 5.41) is 0. The third-order valence-corrected chi connectivity index (χ3v) is 5.46. The van der Waals surface area contributed by atoms with Gasteiger partial charge in [0, 0.05) is 22.7 Å². The molecule has 3 rings (SSSR count). The molecule has 0 aliphatic carbocycles. The van der Waals surface area contributed by atoms with E-state index in [1.807, 2.05) is 6.07 Å². The molecule has 2 heterocycles. The Morgan fingerprint density at radius 3 is 2.43 bits per heavy atom. The van der Waals surface area contributed by atoms with E-state index < -0.39 is 0 Å². The van der Waals surface area contributed by atoms with Crippen molar-refractivity contribution in [2.75, 3.05) is 31.9 Å². The molecule has 2 saturated heterocycles. The molecule has 0 bridgehead atoms. The highest BCUT2D eigenvalue weighted by atomic mass is 79.9. The molecule has 0 radical (unpaired) electrons. The third kappa shape index (κ3) is 3.99. The van der Waals surface area contributed by atoms with Gasteiger partial charge in [0.1, 0.15) is 0 Å². The Morgan fingerprint density at radius 1 is 1.05 bits per heavy atom. The van der Waals surface area contributed by atoms with Gasteiger partial charge in [-0.25, -0.2) is 0 Å². The van der Waals surface area contributed by atoms with Gasteiger partial charge < -0.3 is 10.6 Å². The Balaban J connectivity index is 1.51. The highest BCUT2D eigenvalue weighted by Gasteiger charge is 2.25. The molecule has 4 heteroatoms. The molecule has 0 saturated carbocycles. The molecule has 0 spiro atoms. The third-order valence-electron chi connectivity index (χ3n) is 4.97. The number of nitrogens with zero attached hydrogens (tertiary/aromatic N) is 2. The Morgan fingerprint density at radius 2 is 1.76 bits per heavy atom.